The van der Waals surface area contributed by atoms with Crippen molar-refractivity contribution in [1.29, 1.82) is 5.26 Å². The van der Waals surface area contributed by atoms with Gasteiger partial charge in [0.15, 0.2) is 5.13 Å². The van der Waals surface area contributed by atoms with Crippen LogP contribution in [0.25, 0.3) is 17.3 Å². The highest BCUT2D eigenvalue weighted by molar-refractivity contribution is 7.14. The molecule has 7 heteroatoms. The first-order chi connectivity index (χ1) is 16.1. The molecule has 0 fully saturated rings. The molecule has 1 aromatic heterocycles. The molecule has 4 aromatic rings. The predicted molar refractivity (Wildman–Crippen MR) is 129 cm³/mol. The number of anilines is 1. The minimum Gasteiger partial charge on any atom is -0.497 e. The lowest BCUT2D eigenvalue weighted by Gasteiger charge is -2.05. The summed E-state index contributed by atoms with van der Waals surface area (Å²) in [4.78, 5) is 17.0. The van der Waals surface area contributed by atoms with Crippen molar-refractivity contribution in [1.82, 2.24) is 4.98 Å². The quantitative estimate of drug-likeness (QED) is 0.268. The van der Waals surface area contributed by atoms with Crippen LogP contribution in [0.5, 0.6) is 17.2 Å². The molecule has 162 valence electrons. The van der Waals surface area contributed by atoms with Crippen LogP contribution in [-0.4, -0.2) is 18.0 Å². The Balaban J connectivity index is 1.42. The molecule has 0 radical (unpaired) electrons. The normalized spacial score (nSPS) is 10.8. The fourth-order valence-corrected chi connectivity index (χ4v) is 3.68. The van der Waals surface area contributed by atoms with Crippen LogP contribution >= 0.6 is 11.3 Å². The Bertz CT molecular complexity index is 1310. The van der Waals surface area contributed by atoms with Crippen LogP contribution in [0.3, 0.4) is 0 Å². The predicted octanol–water partition coefficient (Wildman–Crippen LogP) is 6.16. The van der Waals surface area contributed by atoms with Gasteiger partial charge in [-0.2, -0.15) is 5.26 Å². The molecule has 0 bridgehead atoms. The first kappa shape index (κ1) is 21.8. The lowest BCUT2D eigenvalue weighted by atomic mass is 10.1. The standard InChI is InChI=1S/C26H19N3O3S/c1-31-21-11-7-18(8-12-21)15-20(16-27)25(30)29-26-28-24(17-33-26)19-9-13-23(14-10-19)32-22-5-3-2-4-6-22/h2-15,17H,1H3,(H,28,29,30)/b20-15-. The monoisotopic (exact) mass is 453 g/mol. The lowest BCUT2D eigenvalue weighted by Crippen LogP contribution is -2.13. The van der Waals surface area contributed by atoms with E-state index in [1.54, 1.807) is 31.4 Å². The van der Waals surface area contributed by atoms with E-state index < -0.39 is 5.91 Å². The topological polar surface area (TPSA) is 84.2 Å². The summed E-state index contributed by atoms with van der Waals surface area (Å²) < 4.78 is 10.9. The molecule has 0 saturated carbocycles. The minimum atomic E-state index is -0.513. The van der Waals surface area contributed by atoms with Gasteiger partial charge >= 0.3 is 0 Å². The van der Waals surface area contributed by atoms with E-state index in [1.165, 1.54) is 17.4 Å². The summed E-state index contributed by atoms with van der Waals surface area (Å²) >= 11 is 1.29. The van der Waals surface area contributed by atoms with Gasteiger partial charge in [0.05, 0.1) is 12.8 Å². The van der Waals surface area contributed by atoms with Gasteiger partial charge in [0.2, 0.25) is 0 Å². The zero-order valence-electron chi connectivity index (χ0n) is 17.7. The summed E-state index contributed by atoms with van der Waals surface area (Å²) in [5, 5.41) is 14.4. The van der Waals surface area contributed by atoms with Crippen LogP contribution in [0.15, 0.2) is 89.8 Å². The van der Waals surface area contributed by atoms with Gasteiger partial charge in [0.25, 0.3) is 5.91 Å². The molecule has 0 atom stereocenters. The highest BCUT2D eigenvalue weighted by Crippen LogP contribution is 2.28. The second-order valence-corrected chi connectivity index (χ2v) is 7.73. The smallest absolute Gasteiger partial charge is 0.268 e. The van der Waals surface area contributed by atoms with E-state index >= 15 is 0 Å². The number of methoxy groups -OCH3 is 1. The Hall–Kier alpha value is -4.41. The van der Waals surface area contributed by atoms with Crippen LogP contribution in [0.1, 0.15) is 5.56 Å². The van der Waals surface area contributed by atoms with Gasteiger partial charge in [-0.05, 0) is 60.2 Å². The number of nitrogens with zero attached hydrogens (tertiary/aromatic N) is 2. The summed E-state index contributed by atoms with van der Waals surface area (Å²) in [5.41, 5.74) is 2.32. The number of hydrogen-bond acceptors (Lipinski definition) is 6. The van der Waals surface area contributed by atoms with Gasteiger partial charge in [-0.3, -0.25) is 10.1 Å². The van der Waals surface area contributed by atoms with E-state index in [0.717, 1.165) is 28.3 Å². The number of carbonyl (C=O) groups excluding carboxylic acids is 1. The second kappa shape index (κ2) is 10.3. The minimum absolute atomic E-state index is 0.0145. The number of thiazole rings is 1. The van der Waals surface area contributed by atoms with Crippen molar-refractivity contribution in [2.45, 2.75) is 0 Å². The molecule has 33 heavy (non-hydrogen) atoms. The Labute approximate surface area is 195 Å². The van der Waals surface area contributed by atoms with Crippen molar-refractivity contribution in [3.05, 3.63) is 95.4 Å². The Morgan fingerprint density at radius 1 is 0.970 bits per heavy atom. The van der Waals surface area contributed by atoms with Gasteiger partial charge in [0.1, 0.15) is 28.9 Å². The van der Waals surface area contributed by atoms with E-state index in [2.05, 4.69) is 10.3 Å². The average Bonchev–Trinajstić information content (AvgIpc) is 3.32. The summed E-state index contributed by atoms with van der Waals surface area (Å²) in [6.07, 6.45) is 1.52. The van der Waals surface area contributed by atoms with E-state index in [1.807, 2.05) is 66.0 Å². The SMILES string of the molecule is COc1ccc(/C=C(/C#N)C(=O)Nc2nc(-c3ccc(Oc4ccccc4)cc3)cs2)cc1. The Morgan fingerprint density at radius 2 is 1.64 bits per heavy atom. The molecule has 4 rings (SSSR count). The van der Waals surface area contributed by atoms with E-state index in [4.69, 9.17) is 9.47 Å². The molecule has 0 unspecified atom stereocenters. The maximum atomic E-state index is 12.6. The van der Waals surface area contributed by atoms with Gasteiger partial charge in [-0.25, -0.2) is 4.98 Å². The second-order valence-electron chi connectivity index (χ2n) is 6.87. The number of nitriles is 1. The molecule has 3 aromatic carbocycles. The zero-order chi connectivity index (χ0) is 23.0. The van der Waals surface area contributed by atoms with Gasteiger partial charge in [0, 0.05) is 10.9 Å². The zero-order valence-corrected chi connectivity index (χ0v) is 18.5. The first-order valence-corrected chi connectivity index (χ1v) is 10.9. The van der Waals surface area contributed by atoms with Crippen molar-refractivity contribution in [2.75, 3.05) is 12.4 Å². The number of nitrogens with one attached hydrogen (secondary N) is 1. The number of rotatable bonds is 7. The van der Waals surface area contributed by atoms with Crippen LogP contribution in [-0.2, 0) is 4.79 Å². The largest absolute Gasteiger partial charge is 0.497 e. The number of aromatic nitrogens is 1. The third kappa shape index (κ3) is 5.64. The molecule has 6 nitrogen and oxygen atoms in total. The molecule has 1 heterocycles. The van der Waals surface area contributed by atoms with Crippen molar-refractivity contribution < 1.29 is 14.3 Å². The molecular weight excluding hydrogens is 434 g/mol. The van der Waals surface area contributed by atoms with E-state index in [-0.39, 0.29) is 5.57 Å². The molecule has 1 amide bonds. The number of benzene rings is 3. The van der Waals surface area contributed by atoms with Gasteiger partial charge in [-0.15, -0.1) is 11.3 Å². The molecular formula is C26H19N3O3S. The molecule has 0 aliphatic rings. The van der Waals surface area contributed by atoms with Crippen LogP contribution in [0.2, 0.25) is 0 Å². The van der Waals surface area contributed by atoms with Crippen molar-refractivity contribution in [3.8, 4) is 34.6 Å². The Kier molecular flexibility index (Phi) is 6.78. The maximum absolute atomic E-state index is 12.6. The first-order valence-electron chi connectivity index (χ1n) is 10.0. The van der Waals surface area contributed by atoms with Gasteiger partial charge in [-0.1, -0.05) is 30.3 Å². The molecule has 0 spiro atoms. The van der Waals surface area contributed by atoms with Crippen LogP contribution in [0, 0.1) is 11.3 Å². The van der Waals surface area contributed by atoms with E-state index in [0.29, 0.717) is 10.9 Å². The molecule has 0 saturated heterocycles. The van der Waals surface area contributed by atoms with Crippen LogP contribution < -0.4 is 14.8 Å². The highest BCUT2D eigenvalue weighted by Gasteiger charge is 2.13. The molecule has 0 aliphatic carbocycles. The lowest BCUT2D eigenvalue weighted by molar-refractivity contribution is -0.112. The number of carbonyl (C=O) groups is 1. The Morgan fingerprint density at radius 3 is 2.30 bits per heavy atom. The van der Waals surface area contributed by atoms with E-state index in [9.17, 15) is 10.1 Å². The maximum Gasteiger partial charge on any atom is 0.268 e. The van der Waals surface area contributed by atoms with Crippen LogP contribution in [0.4, 0.5) is 5.13 Å². The third-order valence-electron chi connectivity index (χ3n) is 4.65. The average molecular weight is 454 g/mol. The third-order valence-corrected chi connectivity index (χ3v) is 5.40. The summed E-state index contributed by atoms with van der Waals surface area (Å²) in [6, 6.07) is 26.1. The summed E-state index contributed by atoms with van der Waals surface area (Å²) in [7, 11) is 1.58. The number of para-hydroxylation sites is 1. The summed E-state index contributed by atoms with van der Waals surface area (Å²) in [5.74, 6) is 1.67. The van der Waals surface area contributed by atoms with Crippen molar-refractivity contribution in [3.63, 3.8) is 0 Å². The number of ether oxygens (including phenoxy) is 2. The molecule has 0 aliphatic heterocycles. The van der Waals surface area contributed by atoms with Crippen molar-refractivity contribution in [2.24, 2.45) is 0 Å². The number of hydrogen-bond donors (Lipinski definition) is 1. The number of amides is 1. The summed E-state index contributed by atoms with van der Waals surface area (Å²) in [6.45, 7) is 0. The highest BCUT2D eigenvalue weighted by atomic mass is 32.1. The fourth-order valence-electron chi connectivity index (χ4n) is 2.96. The van der Waals surface area contributed by atoms with Gasteiger partial charge < -0.3 is 9.47 Å². The van der Waals surface area contributed by atoms with Crippen molar-refractivity contribution >= 4 is 28.5 Å². The fraction of sp³-hybridized carbons (Fsp3) is 0.0385. The molecule has 1 N–H and O–H groups in total.